The zero-order valence-corrected chi connectivity index (χ0v) is 9.92. The molecule has 0 spiro atoms. The largest absolute Gasteiger partial charge is 0.390 e. The fourth-order valence-corrected chi connectivity index (χ4v) is 1.21. The lowest BCUT2D eigenvalue weighted by Gasteiger charge is -2.07. The van der Waals surface area contributed by atoms with Crippen molar-refractivity contribution >= 4 is 5.91 Å². The number of pyridine rings is 1. The molecule has 0 saturated carbocycles. The first kappa shape index (κ1) is 15.0. The fourth-order valence-electron chi connectivity index (χ4n) is 1.21. The molecular formula is C12H12F3N3O. The van der Waals surface area contributed by atoms with Crippen molar-refractivity contribution in [2.45, 2.75) is 12.6 Å². The maximum Gasteiger partial charge on any atom is 0.390 e. The molecule has 1 rings (SSSR count). The number of nitrogens with one attached hydrogen (secondary N) is 1. The smallest absolute Gasteiger partial charge is 0.352 e. The molecule has 0 saturated heterocycles. The van der Waals surface area contributed by atoms with Crippen LogP contribution in [0.5, 0.6) is 0 Å². The summed E-state index contributed by atoms with van der Waals surface area (Å²) < 4.78 is 35.8. The minimum absolute atomic E-state index is 0.158. The highest BCUT2D eigenvalue weighted by atomic mass is 19.4. The van der Waals surface area contributed by atoms with Crippen LogP contribution in [0.25, 0.3) is 0 Å². The Morgan fingerprint density at radius 1 is 1.42 bits per heavy atom. The van der Waals surface area contributed by atoms with Crippen LogP contribution in [0.15, 0.2) is 18.5 Å². The molecule has 0 aliphatic heterocycles. The second-order valence-corrected chi connectivity index (χ2v) is 3.59. The standard InChI is InChI=1S/C12H12F3N3O/c13-12(14,15)3-5-18-11(19)10-6-9(2-1-4-16)7-17-8-10/h6-8H,3-5,16H2,(H,18,19). The van der Waals surface area contributed by atoms with E-state index < -0.39 is 25.0 Å². The number of nitrogens with two attached hydrogens (primary N) is 1. The van der Waals surface area contributed by atoms with Gasteiger partial charge in [0.25, 0.3) is 5.91 Å². The Balaban J connectivity index is 2.62. The highest BCUT2D eigenvalue weighted by Gasteiger charge is 2.26. The monoisotopic (exact) mass is 271 g/mol. The predicted octanol–water partition coefficient (Wildman–Crippen LogP) is 1.07. The molecule has 0 radical (unpaired) electrons. The maximum absolute atomic E-state index is 11.9. The Morgan fingerprint density at radius 2 is 2.16 bits per heavy atom. The summed E-state index contributed by atoms with van der Waals surface area (Å²) in [5, 5.41) is 2.17. The zero-order chi connectivity index (χ0) is 14.3. The summed E-state index contributed by atoms with van der Waals surface area (Å²) in [6.45, 7) is -0.303. The van der Waals surface area contributed by atoms with Crippen LogP contribution < -0.4 is 11.1 Å². The van der Waals surface area contributed by atoms with E-state index in [1.165, 1.54) is 18.5 Å². The average molecular weight is 271 g/mol. The van der Waals surface area contributed by atoms with Crippen LogP contribution in [0.4, 0.5) is 13.2 Å². The van der Waals surface area contributed by atoms with Crippen LogP contribution in [-0.4, -0.2) is 30.2 Å². The van der Waals surface area contributed by atoms with Crippen molar-refractivity contribution in [3.8, 4) is 11.8 Å². The minimum atomic E-state index is -4.29. The third kappa shape index (κ3) is 5.88. The first-order chi connectivity index (χ1) is 8.92. The number of alkyl halides is 3. The van der Waals surface area contributed by atoms with Gasteiger partial charge in [-0.25, -0.2) is 0 Å². The van der Waals surface area contributed by atoms with Gasteiger partial charge in [-0.05, 0) is 6.07 Å². The molecule has 0 fully saturated rings. The number of aromatic nitrogens is 1. The fraction of sp³-hybridized carbons (Fsp3) is 0.333. The molecule has 0 aromatic carbocycles. The Bertz CT molecular complexity index is 503. The molecule has 7 heteroatoms. The molecule has 0 unspecified atom stereocenters. The number of rotatable bonds is 3. The third-order valence-corrected chi connectivity index (χ3v) is 2.03. The molecule has 1 heterocycles. The van der Waals surface area contributed by atoms with Crippen molar-refractivity contribution in [3.63, 3.8) is 0 Å². The Morgan fingerprint density at radius 3 is 2.79 bits per heavy atom. The number of carbonyl (C=O) groups excluding carboxylic acids is 1. The molecule has 1 amide bonds. The number of hydrogen-bond acceptors (Lipinski definition) is 3. The second-order valence-electron chi connectivity index (χ2n) is 3.59. The van der Waals surface area contributed by atoms with Gasteiger partial charge < -0.3 is 11.1 Å². The molecular weight excluding hydrogens is 259 g/mol. The van der Waals surface area contributed by atoms with Crippen LogP contribution in [-0.2, 0) is 0 Å². The van der Waals surface area contributed by atoms with Crippen LogP contribution in [0.2, 0.25) is 0 Å². The van der Waals surface area contributed by atoms with Crippen molar-refractivity contribution in [2.24, 2.45) is 5.73 Å². The topological polar surface area (TPSA) is 68.0 Å². The lowest BCUT2D eigenvalue weighted by Crippen LogP contribution is -2.28. The van der Waals surface area contributed by atoms with Crippen molar-refractivity contribution in [1.29, 1.82) is 0 Å². The minimum Gasteiger partial charge on any atom is -0.352 e. The maximum atomic E-state index is 11.9. The molecule has 0 bridgehead atoms. The predicted molar refractivity (Wildman–Crippen MR) is 63.2 cm³/mol. The number of amides is 1. The Hall–Kier alpha value is -2.07. The van der Waals surface area contributed by atoms with Crippen LogP contribution in [0.3, 0.4) is 0 Å². The molecule has 1 aromatic rings. The van der Waals surface area contributed by atoms with Crippen molar-refractivity contribution in [2.75, 3.05) is 13.1 Å². The van der Waals surface area contributed by atoms with Gasteiger partial charge in [-0.15, -0.1) is 0 Å². The van der Waals surface area contributed by atoms with Gasteiger partial charge in [0.05, 0.1) is 18.5 Å². The van der Waals surface area contributed by atoms with E-state index in [0.29, 0.717) is 5.56 Å². The van der Waals surface area contributed by atoms with Gasteiger partial charge in [-0.3, -0.25) is 9.78 Å². The van der Waals surface area contributed by atoms with E-state index in [9.17, 15) is 18.0 Å². The Labute approximate surface area is 108 Å². The number of carbonyl (C=O) groups is 1. The Kier molecular flexibility index (Phi) is 5.33. The summed E-state index contributed by atoms with van der Waals surface area (Å²) >= 11 is 0. The van der Waals surface area contributed by atoms with E-state index in [4.69, 9.17) is 5.73 Å². The summed E-state index contributed by atoms with van der Waals surface area (Å²) in [4.78, 5) is 15.4. The van der Waals surface area contributed by atoms with Crippen molar-refractivity contribution in [1.82, 2.24) is 10.3 Å². The quantitative estimate of drug-likeness (QED) is 0.808. The molecule has 19 heavy (non-hydrogen) atoms. The lowest BCUT2D eigenvalue weighted by atomic mass is 10.2. The molecule has 102 valence electrons. The zero-order valence-electron chi connectivity index (χ0n) is 9.92. The lowest BCUT2D eigenvalue weighted by molar-refractivity contribution is -0.132. The van der Waals surface area contributed by atoms with E-state index in [0.717, 1.165) is 0 Å². The van der Waals surface area contributed by atoms with Gasteiger partial charge >= 0.3 is 6.18 Å². The van der Waals surface area contributed by atoms with Crippen molar-refractivity contribution in [3.05, 3.63) is 29.6 Å². The highest BCUT2D eigenvalue weighted by molar-refractivity contribution is 5.94. The van der Waals surface area contributed by atoms with Gasteiger partial charge in [0, 0.05) is 24.5 Å². The highest BCUT2D eigenvalue weighted by Crippen LogP contribution is 2.18. The average Bonchev–Trinajstić information content (AvgIpc) is 2.35. The van der Waals surface area contributed by atoms with E-state index in [-0.39, 0.29) is 12.1 Å². The molecule has 3 N–H and O–H groups in total. The molecule has 0 aliphatic carbocycles. The number of hydrogen-bond donors (Lipinski definition) is 2. The van der Waals surface area contributed by atoms with Gasteiger partial charge in [0.2, 0.25) is 0 Å². The normalized spacial score (nSPS) is 10.5. The van der Waals surface area contributed by atoms with Gasteiger partial charge in [0.1, 0.15) is 0 Å². The van der Waals surface area contributed by atoms with Crippen LogP contribution in [0.1, 0.15) is 22.3 Å². The third-order valence-electron chi connectivity index (χ3n) is 2.03. The van der Waals surface area contributed by atoms with E-state index in [1.54, 1.807) is 0 Å². The summed E-state index contributed by atoms with van der Waals surface area (Å²) in [7, 11) is 0. The summed E-state index contributed by atoms with van der Waals surface area (Å²) in [5.41, 5.74) is 5.84. The van der Waals surface area contributed by atoms with Gasteiger partial charge in [0.15, 0.2) is 0 Å². The van der Waals surface area contributed by atoms with Gasteiger partial charge in [-0.1, -0.05) is 11.8 Å². The van der Waals surface area contributed by atoms with Crippen LogP contribution in [0, 0.1) is 11.8 Å². The van der Waals surface area contributed by atoms with E-state index in [2.05, 4.69) is 22.1 Å². The molecule has 0 atom stereocenters. The number of nitrogens with zero attached hydrogens (tertiary/aromatic N) is 1. The summed E-state index contributed by atoms with van der Waals surface area (Å²) in [6.07, 6.45) is -2.66. The summed E-state index contributed by atoms with van der Waals surface area (Å²) in [5.74, 6) is 4.66. The van der Waals surface area contributed by atoms with Crippen LogP contribution >= 0.6 is 0 Å². The van der Waals surface area contributed by atoms with E-state index >= 15 is 0 Å². The van der Waals surface area contributed by atoms with E-state index in [1.807, 2.05) is 0 Å². The SMILES string of the molecule is NCC#Cc1cncc(C(=O)NCCC(F)(F)F)c1. The molecule has 4 nitrogen and oxygen atoms in total. The summed E-state index contributed by atoms with van der Waals surface area (Å²) in [6, 6.07) is 1.44. The van der Waals surface area contributed by atoms with Gasteiger partial charge in [-0.2, -0.15) is 13.2 Å². The molecule has 0 aliphatic rings. The first-order valence-corrected chi connectivity index (χ1v) is 5.41. The van der Waals surface area contributed by atoms with Crippen molar-refractivity contribution < 1.29 is 18.0 Å². The number of halogens is 3. The molecule has 1 aromatic heterocycles. The second kappa shape index (κ2) is 6.75. The first-order valence-electron chi connectivity index (χ1n) is 5.41.